The third-order valence-corrected chi connectivity index (χ3v) is 2.58. The molecule has 0 spiro atoms. The standard InChI is InChI=1S/C11H21NO2/c1-7-8(2)9(3)12-10(13)11(4,5)14-6/h7-9H,1H2,2-6H3,(H,12,13)/t8-,9-/m1/s1. The second-order valence-corrected chi connectivity index (χ2v) is 4.07. The van der Waals surface area contributed by atoms with Crippen LogP contribution in [0.3, 0.4) is 0 Å². The third kappa shape index (κ3) is 3.50. The number of carbonyl (C=O) groups is 1. The first kappa shape index (κ1) is 13.2. The van der Waals surface area contributed by atoms with Gasteiger partial charge in [0.1, 0.15) is 5.60 Å². The number of carbonyl (C=O) groups excluding carboxylic acids is 1. The highest BCUT2D eigenvalue weighted by Crippen LogP contribution is 2.10. The van der Waals surface area contributed by atoms with Crippen LogP contribution in [-0.4, -0.2) is 24.7 Å². The molecule has 0 aliphatic carbocycles. The van der Waals surface area contributed by atoms with E-state index in [2.05, 4.69) is 11.9 Å². The average molecular weight is 199 g/mol. The third-order valence-electron chi connectivity index (χ3n) is 2.58. The number of rotatable bonds is 5. The van der Waals surface area contributed by atoms with Crippen molar-refractivity contribution in [3.05, 3.63) is 12.7 Å². The first-order valence-corrected chi connectivity index (χ1v) is 4.83. The monoisotopic (exact) mass is 199 g/mol. The van der Waals surface area contributed by atoms with Crippen LogP contribution in [-0.2, 0) is 9.53 Å². The quantitative estimate of drug-likeness (QED) is 0.685. The molecule has 0 fully saturated rings. The summed E-state index contributed by atoms with van der Waals surface area (Å²) in [4.78, 5) is 11.7. The number of nitrogens with one attached hydrogen (secondary N) is 1. The van der Waals surface area contributed by atoms with E-state index < -0.39 is 5.60 Å². The fourth-order valence-corrected chi connectivity index (χ4v) is 0.809. The van der Waals surface area contributed by atoms with Crippen LogP contribution in [0.2, 0.25) is 0 Å². The van der Waals surface area contributed by atoms with Gasteiger partial charge in [-0.2, -0.15) is 0 Å². The molecule has 0 saturated heterocycles. The van der Waals surface area contributed by atoms with Crippen molar-refractivity contribution in [3.8, 4) is 0 Å². The van der Waals surface area contributed by atoms with Crippen molar-refractivity contribution in [3.63, 3.8) is 0 Å². The zero-order chi connectivity index (χ0) is 11.4. The van der Waals surface area contributed by atoms with Gasteiger partial charge in [0.25, 0.3) is 5.91 Å². The minimum absolute atomic E-state index is 0.0782. The molecule has 0 aromatic rings. The fraction of sp³-hybridized carbons (Fsp3) is 0.727. The summed E-state index contributed by atoms with van der Waals surface area (Å²) >= 11 is 0. The van der Waals surface area contributed by atoms with Gasteiger partial charge < -0.3 is 10.1 Å². The summed E-state index contributed by atoms with van der Waals surface area (Å²) in [7, 11) is 1.53. The Hall–Kier alpha value is -0.830. The van der Waals surface area contributed by atoms with Gasteiger partial charge in [-0.25, -0.2) is 0 Å². The molecule has 0 rings (SSSR count). The van der Waals surface area contributed by atoms with Crippen LogP contribution < -0.4 is 5.32 Å². The number of hydrogen-bond acceptors (Lipinski definition) is 2. The van der Waals surface area contributed by atoms with Crippen LogP contribution in [0.4, 0.5) is 0 Å². The summed E-state index contributed by atoms with van der Waals surface area (Å²) < 4.78 is 5.08. The molecule has 0 aliphatic heterocycles. The molecular weight excluding hydrogens is 178 g/mol. The normalized spacial score (nSPS) is 15.8. The Morgan fingerprint density at radius 1 is 1.50 bits per heavy atom. The van der Waals surface area contributed by atoms with E-state index in [1.165, 1.54) is 7.11 Å². The Morgan fingerprint density at radius 2 is 2.00 bits per heavy atom. The van der Waals surface area contributed by atoms with E-state index in [1.54, 1.807) is 13.8 Å². The van der Waals surface area contributed by atoms with Gasteiger partial charge >= 0.3 is 0 Å². The molecule has 14 heavy (non-hydrogen) atoms. The highest BCUT2D eigenvalue weighted by atomic mass is 16.5. The van der Waals surface area contributed by atoms with Crippen molar-refractivity contribution in [2.75, 3.05) is 7.11 Å². The van der Waals surface area contributed by atoms with Gasteiger partial charge in [-0.05, 0) is 26.7 Å². The maximum Gasteiger partial charge on any atom is 0.251 e. The van der Waals surface area contributed by atoms with Gasteiger partial charge in [0.15, 0.2) is 0 Å². The van der Waals surface area contributed by atoms with Crippen LogP contribution in [0.5, 0.6) is 0 Å². The van der Waals surface area contributed by atoms with Crippen molar-refractivity contribution >= 4 is 5.91 Å². The van der Waals surface area contributed by atoms with E-state index in [-0.39, 0.29) is 17.9 Å². The lowest BCUT2D eigenvalue weighted by Gasteiger charge is -2.26. The smallest absolute Gasteiger partial charge is 0.251 e. The molecule has 3 heteroatoms. The summed E-state index contributed by atoms with van der Waals surface area (Å²) in [6.07, 6.45) is 1.82. The van der Waals surface area contributed by atoms with Crippen molar-refractivity contribution in [1.29, 1.82) is 0 Å². The Kier molecular flexibility index (Phi) is 4.85. The van der Waals surface area contributed by atoms with E-state index in [4.69, 9.17) is 4.74 Å². The minimum atomic E-state index is -0.769. The van der Waals surface area contributed by atoms with E-state index in [9.17, 15) is 4.79 Å². The molecular formula is C11H21NO2. The molecule has 3 nitrogen and oxygen atoms in total. The number of hydrogen-bond donors (Lipinski definition) is 1. The molecule has 2 atom stereocenters. The zero-order valence-electron chi connectivity index (χ0n) is 9.76. The Balaban J connectivity index is 4.26. The largest absolute Gasteiger partial charge is 0.369 e. The van der Waals surface area contributed by atoms with Gasteiger partial charge in [0, 0.05) is 13.2 Å². The molecule has 0 aromatic carbocycles. The predicted octanol–water partition coefficient (Wildman–Crippen LogP) is 1.74. The summed E-state index contributed by atoms with van der Waals surface area (Å²) in [6, 6.07) is 0.0782. The molecule has 0 heterocycles. The zero-order valence-corrected chi connectivity index (χ0v) is 9.76. The van der Waals surface area contributed by atoms with Gasteiger partial charge in [0.05, 0.1) is 0 Å². The van der Waals surface area contributed by atoms with E-state index in [0.29, 0.717) is 0 Å². The number of amides is 1. The molecule has 0 unspecified atom stereocenters. The van der Waals surface area contributed by atoms with Crippen molar-refractivity contribution < 1.29 is 9.53 Å². The number of methoxy groups -OCH3 is 1. The Labute approximate surface area is 86.5 Å². The van der Waals surface area contributed by atoms with Gasteiger partial charge in [0.2, 0.25) is 0 Å². The topological polar surface area (TPSA) is 38.3 Å². The molecule has 0 aromatic heterocycles. The lowest BCUT2D eigenvalue weighted by Crippen LogP contribution is -2.48. The second-order valence-electron chi connectivity index (χ2n) is 4.07. The lowest BCUT2D eigenvalue weighted by molar-refractivity contribution is -0.140. The summed E-state index contributed by atoms with van der Waals surface area (Å²) in [5.41, 5.74) is -0.769. The van der Waals surface area contributed by atoms with Crippen LogP contribution in [0, 0.1) is 5.92 Å². The highest BCUT2D eigenvalue weighted by Gasteiger charge is 2.28. The molecule has 0 aliphatic rings. The van der Waals surface area contributed by atoms with Crippen LogP contribution >= 0.6 is 0 Å². The maximum absolute atomic E-state index is 11.7. The summed E-state index contributed by atoms with van der Waals surface area (Å²) in [6.45, 7) is 11.1. The van der Waals surface area contributed by atoms with Gasteiger partial charge in [-0.3, -0.25) is 4.79 Å². The molecule has 82 valence electrons. The minimum Gasteiger partial charge on any atom is -0.369 e. The van der Waals surface area contributed by atoms with Crippen molar-refractivity contribution in [2.24, 2.45) is 5.92 Å². The molecule has 0 saturated carbocycles. The van der Waals surface area contributed by atoms with Crippen LogP contribution in [0.25, 0.3) is 0 Å². The maximum atomic E-state index is 11.7. The van der Waals surface area contributed by atoms with E-state index in [1.807, 2.05) is 19.9 Å². The molecule has 0 radical (unpaired) electrons. The summed E-state index contributed by atoms with van der Waals surface area (Å²) in [5.74, 6) is 0.160. The first-order valence-electron chi connectivity index (χ1n) is 4.83. The average Bonchev–Trinajstić information content (AvgIpc) is 2.16. The molecule has 1 N–H and O–H groups in total. The molecule has 1 amide bonds. The van der Waals surface area contributed by atoms with Crippen LogP contribution in [0.1, 0.15) is 27.7 Å². The molecule has 0 bridgehead atoms. The first-order chi connectivity index (χ1) is 6.35. The van der Waals surface area contributed by atoms with Crippen molar-refractivity contribution in [1.82, 2.24) is 5.32 Å². The van der Waals surface area contributed by atoms with Gasteiger partial charge in [-0.15, -0.1) is 6.58 Å². The van der Waals surface area contributed by atoms with Crippen LogP contribution in [0.15, 0.2) is 12.7 Å². The number of ether oxygens (including phenoxy) is 1. The Bertz CT molecular complexity index is 211. The van der Waals surface area contributed by atoms with Crippen molar-refractivity contribution in [2.45, 2.75) is 39.3 Å². The summed E-state index contributed by atoms with van der Waals surface area (Å²) in [5, 5.41) is 2.89. The Morgan fingerprint density at radius 3 is 2.36 bits per heavy atom. The van der Waals surface area contributed by atoms with E-state index >= 15 is 0 Å². The highest BCUT2D eigenvalue weighted by molar-refractivity contribution is 5.84. The lowest BCUT2D eigenvalue weighted by atomic mass is 10.0. The van der Waals surface area contributed by atoms with Gasteiger partial charge in [-0.1, -0.05) is 13.0 Å². The predicted molar refractivity (Wildman–Crippen MR) is 58.1 cm³/mol. The fourth-order valence-electron chi connectivity index (χ4n) is 0.809. The second kappa shape index (κ2) is 5.15. The SMILES string of the molecule is C=C[C@@H](C)[C@@H](C)NC(=O)C(C)(C)OC. The van der Waals surface area contributed by atoms with E-state index in [0.717, 1.165) is 0 Å².